The second-order valence-electron chi connectivity index (χ2n) is 7.35. The molecule has 0 radical (unpaired) electrons. The molecule has 1 aromatic rings. The third-order valence-electron chi connectivity index (χ3n) is 4.56. The molecule has 2 heterocycles. The van der Waals surface area contributed by atoms with Crippen LogP contribution in [0.1, 0.15) is 50.5 Å². The Kier molecular flexibility index (Phi) is 2.46. The van der Waals surface area contributed by atoms with Gasteiger partial charge in [0.15, 0.2) is 0 Å². The maximum Gasteiger partial charge on any atom is 0.274 e. The Hall–Kier alpha value is -1.52. The number of nitrogen functional groups attached to an aromatic ring is 1. The lowest BCUT2D eigenvalue weighted by Gasteiger charge is -2.39. The zero-order valence-corrected chi connectivity index (χ0v) is 11.9. The fraction of sp³-hybridized carbons (Fsp3) is 0.714. The van der Waals surface area contributed by atoms with E-state index in [0.717, 1.165) is 19.4 Å². The predicted molar refractivity (Wildman–Crippen MR) is 73.6 cm³/mol. The molecule has 1 aliphatic heterocycles. The van der Waals surface area contributed by atoms with Crippen LogP contribution in [0, 0.1) is 10.8 Å². The van der Waals surface area contributed by atoms with Gasteiger partial charge in [0.05, 0.1) is 11.9 Å². The zero-order chi connectivity index (χ0) is 13.8. The second-order valence-corrected chi connectivity index (χ2v) is 7.35. The number of nitrogens with zero attached hydrogens (tertiary/aromatic N) is 2. The smallest absolute Gasteiger partial charge is 0.274 e. The number of fused-ring (bicyclic) bond motifs is 2. The van der Waals surface area contributed by atoms with E-state index in [0.29, 0.717) is 22.8 Å². The number of H-pyrrole nitrogens is 1. The molecule has 1 saturated heterocycles. The van der Waals surface area contributed by atoms with Crippen molar-refractivity contribution < 1.29 is 4.79 Å². The van der Waals surface area contributed by atoms with Crippen LogP contribution in [0.5, 0.6) is 0 Å². The van der Waals surface area contributed by atoms with Gasteiger partial charge in [0, 0.05) is 12.6 Å². The monoisotopic (exact) mass is 262 g/mol. The summed E-state index contributed by atoms with van der Waals surface area (Å²) in [6.45, 7) is 7.73. The molecular weight excluding hydrogens is 240 g/mol. The minimum atomic E-state index is 0.00132. The van der Waals surface area contributed by atoms with Crippen molar-refractivity contribution in [3.05, 3.63) is 11.9 Å². The van der Waals surface area contributed by atoms with Crippen LogP contribution in [0.3, 0.4) is 0 Å². The van der Waals surface area contributed by atoms with Crippen molar-refractivity contribution in [2.24, 2.45) is 10.8 Å². The normalized spacial score (nSPS) is 32.6. The van der Waals surface area contributed by atoms with Crippen LogP contribution >= 0.6 is 0 Å². The first kappa shape index (κ1) is 12.5. The largest absolute Gasteiger partial charge is 0.396 e. The molecule has 104 valence electrons. The molecule has 2 unspecified atom stereocenters. The van der Waals surface area contributed by atoms with Gasteiger partial charge in [-0.15, -0.1) is 0 Å². The summed E-state index contributed by atoms with van der Waals surface area (Å²) >= 11 is 0. The molecule has 1 aromatic heterocycles. The number of carbonyl (C=O) groups is 1. The molecule has 1 amide bonds. The standard InChI is InChI=1S/C14H22N4O/c1-13(2)4-9-5-14(3,7-13)8-18(9)12(19)11-10(15)6-16-17-11/h6,9H,4-5,7-8,15H2,1-3H3,(H,16,17). The van der Waals surface area contributed by atoms with Gasteiger partial charge in [0.1, 0.15) is 5.69 Å². The summed E-state index contributed by atoms with van der Waals surface area (Å²) in [7, 11) is 0. The van der Waals surface area contributed by atoms with Crippen LogP contribution < -0.4 is 5.73 Å². The SMILES string of the molecule is CC1(C)CC2CC(C)(CN2C(=O)c2[nH]ncc2N)C1. The van der Waals surface area contributed by atoms with Crippen molar-refractivity contribution in [3.8, 4) is 0 Å². The molecule has 19 heavy (non-hydrogen) atoms. The molecule has 1 saturated carbocycles. The molecule has 2 aliphatic rings. The van der Waals surface area contributed by atoms with E-state index in [1.807, 2.05) is 4.90 Å². The van der Waals surface area contributed by atoms with Crippen LogP contribution in [0.15, 0.2) is 6.20 Å². The predicted octanol–water partition coefficient (Wildman–Crippen LogP) is 2.03. The van der Waals surface area contributed by atoms with E-state index < -0.39 is 0 Å². The molecule has 2 fully saturated rings. The summed E-state index contributed by atoms with van der Waals surface area (Å²) < 4.78 is 0. The number of nitrogens with two attached hydrogens (primary N) is 1. The summed E-state index contributed by atoms with van der Waals surface area (Å²) in [5.74, 6) is 0.00132. The number of aromatic nitrogens is 2. The Bertz CT molecular complexity index is 521. The van der Waals surface area contributed by atoms with Crippen LogP contribution in [0.4, 0.5) is 5.69 Å². The van der Waals surface area contributed by atoms with Gasteiger partial charge in [-0.3, -0.25) is 9.89 Å². The lowest BCUT2D eigenvalue weighted by Crippen LogP contribution is -2.38. The van der Waals surface area contributed by atoms with Gasteiger partial charge in [-0.05, 0) is 30.1 Å². The average Bonchev–Trinajstić information content (AvgIpc) is 2.78. The van der Waals surface area contributed by atoms with Crippen LogP contribution in [0.2, 0.25) is 0 Å². The molecular formula is C14H22N4O. The highest BCUT2D eigenvalue weighted by Crippen LogP contribution is 2.52. The molecule has 5 heteroatoms. The van der Waals surface area contributed by atoms with Crippen LogP contribution in [0.25, 0.3) is 0 Å². The molecule has 3 rings (SSSR count). The number of hydrogen-bond donors (Lipinski definition) is 2. The number of likely N-dealkylation sites (tertiary alicyclic amines) is 1. The molecule has 2 bridgehead atoms. The Labute approximate surface area is 113 Å². The second kappa shape index (κ2) is 3.74. The molecule has 2 atom stereocenters. The molecule has 5 nitrogen and oxygen atoms in total. The van der Waals surface area contributed by atoms with Gasteiger partial charge in [0.2, 0.25) is 0 Å². The summed E-state index contributed by atoms with van der Waals surface area (Å²) in [5, 5.41) is 6.58. The van der Waals surface area contributed by atoms with E-state index >= 15 is 0 Å². The van der Waals surface area contributed by atoms with Gasteiger partial charge in [0.25, 0.3) is 5.91 Å². The Morgan fingerprint density at radius 1 is 1.47 bits per heavy atom. The summed E-state index contributed by atoms with van der Waals surface area (Å²) in [5.41, 5.74) is 7.23. The maximum absolute atomic E-state index is 12.6. The average molecular weight is 262 g/mol. The van der Waals surface area contributed by atoms with E-state index in [1.54, 1.807) is 0 Å². The van der Waals surface area contributed by atoms with Crippen molar-refractivity contribution in [2.45, 2.75) is 46.1 Å². The number of carbonyl (C=O) groups excluding carboxylic acids is 1. The Morgan fingerprint density at radius 3 is 2.84 bits per heavy atom. The quantitative estimate of drug-likeness (QED) is 0.813. The van der Waals surface area contributed by atoms with E-state index in [1.165, 1.54) is 12.6 Å². The van der Waals surface area contributed by atoms with Crippen molar-refractivity contribution in [1.29, 1.82) is 0 Å². The summed E-state index contributed by atoms with van der Waals surface area (Å²) in [6.07, 6.45) is 4.86. The topological polar surface area (TPSA) is 75.0 Å². The first-order chi connectivity index (χ1) is 8.80. The Balaban J connectivity index is 1.88. The first-order valence-electron chi connectivity index (χ1n) is 6.90. The molecule has 0 spiro atoms. The van der Waals surface area contributed by atoms with Crippen molar-refractivity contribution in [3.63, 3.8) is 0 Å². The third kappa shape index (κ3) is 2.01. The van der Waals surface area contributed by atoms with Crippen molar-refractivity contribution >= 4 is 11.6 Å². The third-order valence-corrected chi connectivity index (χ3v) is 4.56. The van der Waals surface area contributed by atoms with Gasteiger partial charge in [-0.25, -0.2) is 0 Å². The zero-order valence-electron chi connectivity index (χ0n) is 11.9. The minimum absolute atomic E-state index is 0.00132. The molecule has 0 aromatic carbocycles. The Morgan fingerprint density at radius 2 is 2.21 bits per heavy atom. The fourth-order valence-corrected chi connectivity index (χ4v) is 4.31. The minimum Gasteiger partial charge on any atom is -0.396 e. The van der Waals surface area contributed by atoms with Crippen molar-refractivity contribution in [1.82, 2.24) is 15.1 Å². The van der Waals surface area contributed by atoms with E-state index in [4.69, 9.17) is 5.73 Å². The first-order valence-corrected chi connectivity index (χ1v) is 6.90. The number of amides is 1. The number of anilines is 1. The summed E-state index contributed by atoms with van der Waals surface area (Å²) in [4.78, 5) is 14.6. The van der Waals surface area contributed by atoms with Crippen LogP contribution in [-0.4, -0.2) is 33.6 Å². The lowest BCUT2D eigenvalue weighted by molar-refractivity contribution is 0.0703. The highest BCUT2D eigenvalue weighted by Gasteiger charge is 2.51. The maximum atomic E-state index is 12.6. The van der Waals surface area contributed by atoms with Crippen molar-refractivity contribution in [2.75, 3.05) is 12.3 Å². The highest BCUT2D eigenvalue weighted by atomic mass is 16.2. The van der Waals surface area contributed by atoms with Gasteiger partial charge >= 0.3 is 0 Å². The number of aromatic amines is 1. The fourth-order valence-electron chi connectivity index (χ4n) is 4.31. The van der Waals surface area contributed by atoms with E-state index in [9.17, 15) is 4.79 Å². The highest BCUT2D eigenvalue weighted by molar-refractivity contribution is 5.97. The lowest BCUT2D eigenvalue weighted by atomic mass is 9.65. The molecule has 3 N–H and O–H groups in total. The van der Waals surface area contributed by atoms with E-state index in [-0.39, 0.29) is 11.3 Å². The van der Waals surface area contributed by atoms with Gasteiger partial charge in [-0.1, -0.05) is 20.8 Å². The van der Waals surface area contributed by atoms with Crippen LogP contribution in [-0.2, 0) is 0 Å². The van der Waals surface area contributed by atoms with E-state index in [2.05, 4.69) is 31.0 Å². The number of rotatable bonds is 1. The summed E-state index contributed by atoms with van der Waals surface area (Å²) in [6, 6.07) is 0.337. The van der Waals surface area contributed by atoms with Gasteiger partial charge in [-0.2, -0.15) is 5.10 Å². The van der Waals surface area contributed by atoms with Gasteiger partial charge < -0.3 is 10.6 Å². The number of nitrogens with one attached hydrogen (secondary N) is 1. The number of hydrogen-bond acceptors (Lipinski definition) is 3. The molecule has 1 aliphatic carbocycles.